The van der Waals surface area contributed by atoms with Crippen molar-refractivity contribution in [1.29, 1.82) is 0 Å². The van der Waals surface area contributed by atoms with Crippen molar-refractivity contribution in [2.24, 2.45) is 0 Å². The average Bonchev–Trinajstić information content (AvgIpc) is 2.79. The normalized spacial score (nSPS) is 10.7. The Labute approximate surface area is 118 Å². The Morgan fingerprint density at radius 3 is 2.70 bits per heavy atom. The number of benzene rings is 1. The molecule has 0 bridgehead atoms. The van der Waals surface area contributed by atoms with E-state index in [9.17, 15) is 4.79 Å². The van der Waals surface area contributed by atoms with Crippen molar-refractivity contribution < 1.29 is 4.79 Å². The highest BCUT2D eigenvalue weighted by atomic mass is 32.1. The fourth-order valence-electron chi connectivity index (χ4n) is 1.80. The van der Waals surface area contributed by atoms with Crippen LogP contribution in [0.1, 0.15) is 6.92 Å². The van der Waals surface area contributed by atoms with Gasteiger partial charge in [0.05, 0.1) is 10.2 Å². The van der Waals surface area contributed by atoms with Crippen LogP contribution in [0.25, 0.3) is 21.3 Å². The van der Waals surface area contributed by atoms with Gasteiger partial charge in [0.1, 0.15) is 0 Å². The molecule has 0 saturated carbocycles. The summed E-state index contributed by atoms with van der Waals surface area (Å²) in [4.78, 5) is 23.3. The highest BCUT2D eigenvalue weighted by molar-refractivity contribution is 7.22. The molecule has 6 nitrogen and oxygen atoms in total. The largest absolute Gasteiger partial charge is 0.368 e. The quantitative estimate of drug-likeness (QED) is 0.753. The van der Waals surface area contributed by atoms with Crippen LogP contribution in [0.15, 0.2) is 30.6 Å². The molecule has 2 heterocycles. The molecule has 2 aromatic heterocycles. The van der Waals surface area contributed by atoms with Gasteiger partial charge in [0.2, 0.25) is 11.9 Å². The van der Waals surface area contributed by atoms with Gasteiger partial charge in [0.25, 0.3) is 0 Å². The number of fused-ring (bicyclic) bond motifs is 1. The van der Waals surface area contributed by atoms with Gasteiger partial charge < -0.3 is 11.1 Å². The molecule has 0 radical (unpaired) electrons. The number of carbonyl (C=O) groups is 1. The van der Waals surface area contributed by atoms with Crippen molar-refractivity contribution in [3.63, 3.8) is 0 Å². The van der Waals surface area contributed by atoms with E-state index in [1.807, 2.05) is 18.2 Å². The van der Waals surface area contributed by atoms with Gasteiger partial charge in [-0.25, -0.2) is 15.0 Å². The van der Waals surface area contributed by atoms with Crippen LogP contribution in [0.5, 0.6) is 0 Å². The van der Waals surface area contributed by atoms with Gasteiger partial charge in [-0.05, 0) is 17.7 Å². The Balaban J connectivity index is 2.01. The van der Waals surface area contributed by atoms with Crippen molar-refractivity contribution in [2.45, 2.75) is 6.92 Å². The van der Waals surface area contributed by atoms with Crippen LogP contribution < -0.4 is 11.1 Å². The van der Waals surface area contributed by atoms with Crippen molar-refractivity contribution in [2.75, 3.05) is 11.1 Å². The number of nitrogens with zero attached hydrogens (tertiary/aromatic N) is 3. The summed E-state index contributed by atoms with van der Waals surface area (Å²) in [6.45, 7) is 1.46. The number of rotatable bonds is 2. The minimum absolute atomic E-state index is 0.129. The molecule has 1 aromatic carbocycles. The van der Waals surface area contributed by atoms with E-state index < -0.39 is 0 Å². The third kappa shape index (κ3) is 2.43. The summed E-state index contributed by atoms with van der Waals surface area (Å²) in [6, 6.07) is 5.84. The first-order valence-corrected chi connectivity index (χ1v) is 6.69. The van der Waals surface area contributed by atoms with Crippen molar-refractivity contribution >= 4 is 38.5 Å². The Morgan fingerprint density at radius 1 is 1.25 bits per heavy atom. The second-order valence-corrected chi connectivity index (χ2v) is 5.24. The number of hydrogen-bond acceptors (Lipinski definition) is 6. The maximum atomic E-state index is 11.0. The van der Waals surface area contributed by atoms with Crippen molar-refractivity contribution in [3.05, 3.63) is 30.6 Å². The Bertz CT molecular complexity index is 781. The number of aromatic nitrogens is 3. The van der Waals surface area contributed by atoms with Crippen LogP contribution in [0.3, 0.4) is 0 Å². The first-order valence-electron chi connectivity index (χ1n) is 5.88. The summed E-state index contributed by atoms with van der Waals surface area (Å²) in [5.74, 6) is 0.122. The van der Waals surface area contributed by atoms with Crippen LogP contribution in [0.4, 0.5) is 11.1 Å². The molecule has 0 spiro atoms. The number of amides is 1. The number of anilines is 2. The zero-order chi connectivity index (χ0) is 14.1. The van der Waals surface area contributed by atoms with Crippen LogP contribution in [0, 0.1) is 0 Å². The Morgan fingerprint density at radius 2 is 2.00 bits per heavy atom. The van der Waals surface area contributed by atoms with Crippen molar-refractivity contribution in [3.8, 4) is 11.1 Å². The van der Waals surface area contributed by atoms with E-state index in [-0.39, 0.29) is 11.9 Å². The molecule has 20 heavy (non-hydrogen) atoms. The summed E-state index contributed by atoms with van der Waals surface area (Å²) in [6.07, 6.45) is 3.36. The Hall–Kier alpha value is -2.54. The molecule has 0 aliphatic carbocycles. The maximum Gasteiger partial charge on any atom is 0.223 e. The molecule has 0 unspecified atom stereocenters. The zero-order valence-corrected chi connectivity index (χ0v) is 11.4. The molecule has 0 atom stereocenters. The summed E-state index contributed by atoms with van der Waals surface area (Å²) in [5, 5.41) is 3.28. The van der Waals surface area contributed by atoms with Crippen LogP contribution in [-0.2, 0) is 4.79 Å². The molecule has 3 N–H and O–H groups in total. The van der Waals surface area contributed by atoms with Crippen LogP contribution >= 0.6 is 11.3 Å². The minimum Gasteiger partial charge on any atom is -0.368 e. The molecule has 0 fully saturated rings. The lowest BCUT2D eigenvalue weighted by atomic mass is 10.1. The lowest BCUT2D eigenvalue weighted by Crippen LogP contribution is -2.04. The van der Waals surface area contributed by atoms with Crippen molar-refractivity contribution in [1.82, 2.24) is 15.0 Å². The van der Waals surface area contributed by atoms with E-state index in [1.54, 1.807) is 12.4 Å². The van der Waals surface area contributed by atoms with E-state index in [4.69, 9.17) is 5.73 Å². The second-order valence-electron chi connectivity index (χ2n) is 4.21. The van der Waals surface area contributed by atoms with Crippen LogP contribution in [-0.4, -0.2) is 20.9 Å². The topological polar surface area (TPSA) is 93.8 Å². The van der Waals surface area contributed by atoms with Gasteiger partial charge in [-0.2, -0.15) is 0 Å². The predicted molar refractivity (Wildman–Crippen MR) is 79.4 cm³/mol. The molecule has 0 aliphatic rings. The molecule has 3 rings (SSSR count). The number of hydrogen-bond donors (Lipinski definition) is 2. The molecule has 7 heteroatoms. The molecular formula is C13H11N5OS. The van der Waals surface area contributed by atoms with Gasteiger partial charge in [-0.1, -0.05) is 17.4 Å². The fraction of sp³-hybridized carbons (Fsp3) is 0.0769. The molecule has 1 amide bonds. The van der Waals surface area contributed by atoms with Gasteiger partial charge in [-0.3, -0.25) is 4.79 Å². The van der Waals surface area contributed by atoms with E-state index in [1.165, 1.54) is 18.3 Å². The lowest BCUT2D eigenvalue weighted by molar-refractivity contribution is -0.114. The Kier molecular flexibility index (Phi) is 3.03. The maximum absolute atomic E-state index is 11.0. The first-order chi connectivity index (χ1) is 9.61. The van der Waals surface area contributed by atoms with E-state index in [0.29, 0.717) is 5.13 Å². The third-order valence-corrected chi connectivity index (χ3v) is 3.61. The molecule has 3 aromatic rings. The molecule has 0 saturated heterocycles. The lowest BCUT2D eigenvalue weighted by Gasteiger charge is -2.00. The SMILES string of the molecule is CC(=O)Nc1nc2ccc(-c3cnc(N)nc3)cc2s1. The molecular weight excluding hydrogens is 274 g/mol. The van der Waals surface area contributed by atoms with Gasteiger partial charge >= 0.3 is 0 Å². The standard InChI is InChI=1S/C13H11N5OS/c1-7(19)17-13-18-10-3-2-8(4-11(10)20-13)9-5-15-12(14)16-6-9/h2-6H,1H3,(H2,14,15,16)(H,17,18,19). The van der Waals surface area contributed by atoms with E-state index in [2.05, 4.69) is 20.3 Å². The monoisotopic (exact) mass is 285 g/mol. The summed E-state index contributed by atoms with van der Waals surface area (Å²) >= 11 is 1.43. The van der Waals surface area contributed by atoms with Gasteiger partial charge in [0, 0.05) is 24.9 Å². The highest BCUT2D eigenvalue weighted by Crippen LogP contribution is 2.30. The summed E-state index contributed by atoms with van der Waals surface area (Å²) < 4.78 is 0.989. The number of carbonyl (C=O) groups excluding carboxylic acids is 1. The fourth-order valence-corrected chi connectivity index (χ4v) is 2.75. The first kappa shape index (κ1) is 12.5. The molecule has 100 valence electrons. The number of nitrogens with two attached hydrogens (primary N) is 1. The highest BCUT2D eigenvalue weighted by Gasteiger charge is 2.07. The van der Waals surface area contributed by atoms with Gasteiger partial charge in [-0.15, -0.1) is 0 Å². The summed E-state index contributed by atoms with van der Waals surface area (Å²) in [7, 11) is 0. The molecule has 0 aliphatic heterocycles. The average molecular weight is 285 g/mol. The zero-order valence-electron chi connectivity index (χ0n) is 10.6. The van der Waals surface area contributed by atoms with E-state index in [0.717, 1.165) is 21.3 Å². The second kappa shape index (κ2) is 4.86. The number of nitrogens with one attached hydrogen (secondary N) is 1. The minimum atomic E-state index is -0.129. The van der Waals surface area contributed by atoms with Gasteiger partial charge in [0.15, 0.2) is 5.13 Å². The predicted octanol–water partition coefficient (Wildman–Crippen LogP) is 2.29. The summed E-state index contributed by atoms with van der Waals surface area (Å²) in [5.41, 5.74) is 8.19. The number of nitrogen functional groups attached to an aromatic ring is 1. The van der Waals surface area contributed by atoms with E-state index >= 15 is 0 Å². The van der Waals surface area contributed by atoms with Crippen LogP contribution in [0.2, 0.25) is 0 Å². The third-order valence-electron chi connectivity index (χ3n) is 2.68. The number of thiazole rings is 1. The smallest absolute Gasteiger partial charge is 0.223 e.